The molecule has 0 spiro atoms. The molecule has 2 rings (SSSR count). The molecule has 0 aliphatic rings. The molecule has 24 heavy (non-hydrogen) atoms. The first kappa shape index (κ1) is 19.1. The van der Waals surface area contributed by atoms with Gasteiger partial charge in [-0.3, -0.25) is 4.79 Å². The van der Waals surface area contributed by atoms with E-state index in [1.165, 1.54) is 19.1 Å². The van der Waals surface area contributed by atoms with Crippen LogP contribution in [0.4, 0.5) is 5.69 Å². The Labute approximate surface area is 155 Å². The van der Waals surface area contributed by atoms with E-state index in [-0.39, 0.29) is 10.8 Å². The minimum atomic E-state index is -3.74. The molecule has 0 aliphatic heterocycles. The van der Waals surface area contributed by atoms with Crippen molar-refractivity contribution in [2.75, 3.05) is 5.32 Å². The number of anilines is 1. The van der Waals surface area contributed by atoms with Crippen LogP contribution in [0, 0.1) is 0 Å². The molecule has 0 radical (unpaired) electrons. The van der Waals surface area contributed by atoms with Crippen LogP contribution in [0.5, 0.6) is 0 Å². The quantitative estimate of drug-likeness (QED) is 0.790. The minimum Gasteiger partial charge on any atom is -0.325 e. The molecule has 2 aromatic carbocycles. The third-order valence-corrected chi connectivity index (χ3v) is 6.24. The fraction of sp³-hybridized carbons (Fsp3) is 0.188. The van der Waals surface area contributed by atoms with E-state index >= 15 is 0 Å². The number of halogens is 3. The van der Waals surface area contributed by atoms with Crippen LogP contribution in [0.3, 0.4) is 0 Å². The summed E-state index contributed by atoms with van der Waals surface area (Å²) < 4.78 is 24.9. The van der Waals surface area contributed by atoms with Crippen LogP contribution in [0.15, 0.2) is 42.5 Å². The third-order valence-electron chi connectivity index (χ3n) is 3.39. The van der Waals surface area contributed by atoms with E-state index in [0.717, 1.165) is 0 Å². The average molecular weight is 407 g/mol. The smallest absolute Gasteiger partial charge is 0.242 e. The maximum atomic E-state index is 12.4. The molecular formula is C16H14Cl3NO3S. The third kappa shape index (κ3) is 4.86. The zero-order valence-corrected chi connectivity index (χ0v) is 15.7. The van der Waals surface area contributed by atoms with Crippen LogP contribution in [-0.2, 0) is 20.4 Å². The average Bonchev–Trinajstić information content (AvgIpc) is 2.51. The topological polar surface area (TPSA) is 63.2 Å². The molecule has 0 aliphatic carbocycles. The Morgan fingerprint density at radius 3 is 2.21 bits per heavy atom. The van der Waals surface area contributed by atoms with E-state index in [0.29, 0.717) is 21.3 Å². The lowest BCUT2D eigenvalue weighted by atomic mass is 10.2. The maximum Gasteiger partial charge on any atom is 0.242 e. The lowest BCUT2D eigenvalue weighted by Crippen LogP contribution is -2.33. The van der Waals surface area contributed by atoms with Gasteiger partial charge < -0.3 is 5.32 Å². The van der Waals surface area contributed by atoms with Gasteiger partial charge in [0.1, 0.15) is 5.25 Å². The Bertz CT molecular complexity index is 851. The maximum absolute atomic E-state index is 12.4. The lowest BCUT2D eigenvalue weighted by molar-refractivity contribution is -0.115. The SMILES string of the molecule is CC(C(=O)Nc1ccc(Cl)cc1)S(=O)(=O)Cc1ccc(Cl)cc1Cl. The Morgan fingerprint density at radius 2 is 1.62 bits per heavy atom. The van der Waals surface area contributed by atoms with E-state index in [1.807, 2.05) is 0 Å². The number of benzene rings is 2. The second kappa shape index (κ2) is 7.74. The predicted molar refractivity (Wildman–Crippen MR) is 98.6 cm³/mol. The monoisotopic (exact) mass is 405 g/mol. The number of hydrogen-bond donors (Lipinski definition) is 1. The highest BCUT2D eigenvalue weighted by atomic mass is 35.5. The highest BCUT2D eigenvalue weighted by molar-refractivity contribution is 7.92. The zero-order chi connectivity index (χ0) is 17.9. The molecule has 128 valence electrons. The molecule has 4 nitrogen and oxygen atoms in total. The largest absolute Gasteiger partial charge is 0.325 e. The van der Waals surface area contributed by atoms with Crippen molar-refractivity contribution in [1.29, 1.82) is 0 Å². The van der Waals surface area contributed by atoms with Gasteiger partial charge in [0, 0.05) is 20.8 Å². The number of amides is 1. The fourth-order valence-corrected chi connectivity index (χ4v) is 3.92. The number of sulfone groups is 1. The molecule has 1 amide bonds. The zero-order valence-electron chi connectivity index (χ0n) is 12.6. The van der Waals surface area contributed by atoms with E-state index in [1.54, 1.807) is 30.3 Å². The van der Waals surface area contributed by atoms with E-state index in [4.69, 9.17) is 34.8 Å². The first-order valence-corrected chi connectivity index (χ1v) is 9.76. The van der Waals surface area contributed by atoms with Crippen molar-refractivity contribution in [3.8, 4) is 0 Å². The van der Waals surface area contributed by atoms with Crippen LogP contribution in [-0.4, -0.2) is 19.6 Å². The Hall–Kier alpha value is -1.27. The van der Waals surface area contributed by atoms with Crippen molar-refractivity contribution in [2.24, 2.45) is 0 Å². The number of carbonyl (C=O) groups excluding carboxylic acids is 1. The highest BCUT2D eigenvalue weighted by Crippen LogP contribution is 2.24. The summed E-state index contributed by atoms with van der Waals surface area (Å²) >= 11 is 17.6. The summed E-state index contributed by atoms with van der Waals surface area (Å²) in [5, 5.41) is 2.50. The number of nitrogens with one attached hydrogen (secondary N) is 1. The van der Waals surface area contributed by atoms with Crippen molar-refractivity contribution in [1.82, 2.24) is 0 Å². The summed E-state index contributed by atoms with van der Waals surface area (Å²) in [6, 6.07) is 10.9. The van der Waals surface area contributed by atoms with Crippen molar-refractivity contribution in [2.45, 2.75) is 17.9 Å². The molecule has 1 N–H and O–H groups in total. The summed E-state index contributed by atoms with van der Waals surface area (Å²) in [6.45, 7) is 1.34. The van der Waals surface area contributed by atoms with Crippen molar-refractivity contribution >= 4 is 56.2 Å². The first-order valence-electron chi connectivity index (χ1n) is 6.91. The van der Waals surface area contributed by atoms with Gasteiger partial charge in [-0.1, -0.05) is 40.9 Å². The second-order valence-corrected chi connectivity index (χ2v) is 8.78. The van der Waals surface area contributed by atoms with Gasteiger partial charge in [-0.2, -0.15) is 0 Å². The summed E-state index contributed by atoms with van der Waals surface area (Å²) in [6.07, 6.45) is 0. The van der Waals surface area contributed by atoms with Crippen LogP contribution < -0.4 is 5.32 Å². The molecule has 0 saturated heterocycles. The van der Waals surface area contributed by atoms with Crippen LogP contribution >= 0.6 is 34.8 Å². The highest BCUT2D eigenvalue weighted by Gasteiger charge is 2.29. The van der Waals surface area contributed by atoms with Crippen LogP contribution in [0.25, 0.3) is 0 Å². The van der Waals surface area contributed by atoms with Crippen LogP contribution in [0.2, 0.25) is 15.1 Å². The second-order valence-electron chi connectivity index (χ2n) is 5.18. The van der Waals surface area contributed by atoms with Gasteiger partial charge >= 0.3 is 0 Å². The van der Waals surface area contributed by atoms with E-state index < -0.39 is 21.0 Å². The predicted octanol–water partition coefficient (Wildman–Crippen LogP) is 4.59. The molecule has 1 unspecified atom stereocenters. The van der Waals surface area contributed by atoms with Gasteiger partial charge in [-0.05, 0) is 48.9 Å². The van der Waals surface area contributed by atoms with Gasteiger partial charge in [0.25, 0.3) is 0 Å². The van der Waals surface area contributed by atoms with Gasteiger partial charge in [-0.25, -0.2) is 8.42 Å². The molecule has 8 heteroatoms. The van der Waals surface area contributed by atoms with Gasteiger partial charge in [-0.15, -0.1) is 0 Å². The lowest BCUT2D eigenvalue weighted by Gasteiger charge is -2.14. The number of carbonyl (C=O) groups is 1. The number of hydrogen-bond acceptors (Lipinski definition) is 3. The molecule has 0 heterocycles. The molecule has 0 saturated carbocycles. The van der Waals surface area contributed by atoms with Crippen molar-refractivity contribution in [3.05, 3.63) is 63.1 Å². The van der Waals surface area contributed by atoms with Gasteiger partial charge in [0.05, 0.1) is 5.75 Å². The Morgan fingerprint density at radius 1 is 1.04 bits per heavy atom. The summed E-state index contributed by atoms with van der Waals surface area (Å²) in [4.78, 5) is 12.2. The van der Waals surface area contributed by atoms with Gasteiger partial charge in [0.15, 0.2) is 9.84 Å². The summed E-state index contributed by atoms with van der Waals surface area (Å²) in [7, 11) is -3.74. The fourth-order valence-electron chi connectivity index (χ4n) is 1.92. The van der Waals surface area contributed by atoms with Crippen LogP contribution in [0.1, 0.15) is 12.5 Å². The van der Waals surface area contributed by atoms with Crippen molar-refractivity contribution in [3.63, 3.8) is 0 Å². The first-order chi connectivity index (χ1) is 11.2. The minimum absolute atomic E-state index is 0.247. The molecule has 0 aromatic heterocycles. The normalized spacial score (nSPS) is 12.7. The Balaban J connectivity index is 2.12. The summed E-state index contributed by atoms with van der Waals surface area (Å²) in [5.41, 5.74) is 0.864. The molecule has 0 fully saturated rings. The Kier molecular flexibility index (Phi) is 6.15. The molecule has 0 bridgehead atoms. The van der Waals surface area contributed by atoms with E-state index in [9.17, 15) is 13.2 Å². The van der Waals surface area contributed by atoms with Gasteiger partial charge in [0.2, 0.25) is 5.91 Å². The number of rotatable bonds is 5. The van der Waals surface area contributed by atoms with Crippen molar-refractivity contribution < 1.29 is 13.2 Å². The van der Waals surface area contributed by atoms with E-state index in [2.05, 4.69) is 5.32 Å². The standard InChI is InChI=1S/C16H14Cl3NO3S/c1-10(16(21)20-14-6-4-12(17)5-7-14)24(22,23)9-11-2-3-13(18)8-15(11)19/h2-8,10H,9H2,1H3,(H,20,21). The molecular weight excluding hydrogens is 393 g/mol. The summed E-state index contributed by atoms with van der Waals surface area (Å²) in [5.74, 6) is -0.972. The molecule has 1 atom stereocenters. The molecule has 2 aromatic rings.